The summed E-state index contributed by atoms with van der Waals surface area (Å²) in [6.07, 6.45) is 0. The Morgan fingerprint density at radius 3 is 2.33 bits per heavy atom. The zero-order valence-corrected chi connectivity index (χ0v) is 11.4. The molecule has 2 rings (SSSR count). The second-order valence-electron chi connectivity index (χ2n) is 4.32. The van der Waals surface area contributed by atoms with Crippen molar-refractivity contribution in [2.24, 2.45) is 5.73 Å². The first kappa shape index (κ1) is 14.4. The predicted molar refractivity (Wildman–Crippen MR) is 80.3 cm³/mol. The number of nitrogens with one attached hydrogen (secondary N) is 1. The van der Waals surface area contributed by atoms with Gasteiger partial charge in [-0.3, -0.25) is 9.59 Å². The van der Waals surface area contributed by atoms with E-state index in [0.29, 0.717) is 22.6 Å². The van der Waals surface area contributed by atoms with Crippen LogP contribution in [0.15, 0.2) is 42.5 Å². The van der Waals surface area contributed by atoms with Crippen LogP contribution in [0.25, 0.3) is 0 Å². The van der Waals surface area contributed by atoms with Gasteiger partial charge < -0.3 is 21.5 Å². The molecule has 21 heavy (non-hydrogen) atoms. The van der Waals surface area contributed by atoms with Gasteiger partial charge in [0, 0.05) is 11.3 Å². The van der Waals surface area contributed by atoms with Crippen molar-refractivity contribution in [3.05, 3.63) is 53.6 Å². The average Bonchev–Trinajstić information content (AvgIpc) is 2.48. The fourth-order valence-electron chi connectivity index (χ4n) is 1.84. The molecule has 0 spiro atoms. The molecule has 2 amide bonds. The van der Waals surface area contributed by atoms with Crippen LogP contribution >= 0.6 is 0 Å². The lowest BCUT2D eigenvalue weighted by Gasteiger charge is -2.10. The van der Waals surface area contributed by atoms with Gasteiger partial charge in [-0.1, -0.05) is 6.07 Å². The first-order chi connectivity index (χ1) is 10.0. The molecule has 6 nitrogen and oxygen atoms in total. The van der Waals surface area contributed by atoms with E-state index in [1.807, 2.05) is 0 Å². The topological polar surface area (TPSA) is 107 Å². The maximum Gasteiger partial charge on any atom is 0.257 e. The number of anilines is 2. The number of methoxy groups -OCH3 is 1. The lowest BCUT2D eigenvalue weighted by molar-refractivity contribution is 0.0998. The van der Waals surface area contributed by atoms with Gasteiger partial charge in [-0.15, -0.1) is 0 Å². The van der Waals surface area contributed by atoms with Gasteiger partial charge in [-0.05, 0) is 36.4 Å². The fraction of sp³-hybridized carbons (Fsp3) is 0.0667. The number of amides is 2. The molecule has 0 fully saturated rings. The molecular weight excluding hydrogens is 270 g/mol. The van der Waals surface area contributed by atoms with Gasteiger partial charge in [-0.25, -0.2) is 0 Å². The van der Waals surface area contributed by atoms with Crippen molar-refractivity contribution < 1.29 is 14.3 Å². The SMILES string of the molecule is COc1cccc(C(=O)Nc2ccc(C(N)=O)cc2)c1N. The Hall–Kier alpha value is -3.02. The lowest BCUT2D eigenvalue weighted by Crippen LogP contribution is -2.15. The van der Waals surface area contributed by atoms with Crippen LogP contribution in [-0.4, -0.2) is 18.9 Å². The van der Waals surface area contributed by atoms with Crippen LogP contribution in [0.1, 0.15) is 20.7 Å². The summed E-state index contributed by atoms with van der Waals surface area (Å²) in [5.41, 5.74) is 12.5. The molecule has 0 unspecified atom stereocenters. The Bertz CT molecular complexity index is 681. The first-order valence-corrected chi connectivity index (χ1v) is 6.16. The predicted octanol–water partition coefficient (Wildman–Crippen LogP) is 1.63. The van der Waals surface area contributed by atoms with Gasteiger partial charge in [0.1, 0.15) is 5.75 Å². The van der Waals surface area contributed by atoms with Crippen LogP contribution in [0.2, 0.25) is 0 Å². The highest BCUT2D eigenvalue weighted by molar-refractivity contribution is 6.08. The molecule has 0 aliphatic carbocycles. The molecule has 0 aromatic heterocycles. The molecule has 108 valence electrons. The molecule has 0 aliphatic rings. The van der Waals surface area contributed by atoms with Crippen LogP contribution in [0.4, 0.5) is 11.4 Å². The van der Waals surface area contributed by atoms with E-state index in [9.17, 15) is 9.59 Å². The van der Waals surface area contributed by atoms with E-state index in [1.54, 1.807) is 30.3 Å². The zero-order valence-electron chi connectivity index (χ0n) is 11.4. The maximum atomic E-state index is 12.2. The minimum atomic E-state index is -0.523. The Morgan fingerprint density at radius 1 is 1.10 bits per heavy atom. The third-order valence-electron chi connectivity index (χ3n) is 2.96. The summed E-state index contributed by atoms with van der Waals surface area (Å²) < 4.78 is 5.07. The molecule has 0 radical (unpaired) electrons. The molecule has 0 aliphatic heterocycles. The van der Waals surface area contributed by atoms with E-state index in [4.69, 9.17) is 16.2 Å². The summed E-state index contributed by atoms with van der Waals surface area (Å²) in [6.45, 7) is 0. The van der Waals surface area contributed by atoms with Crippen LogP contribution in [-0.2, 0) is 0 Å². The Kier molecular flexibility index (Phi) is 4.08. The second kappa shape index (κ2) is 5.96. The summed E-state index contributed by atoms with van der Waals surface area (Å²) >= 11 is 0. The molecule has 0 saturated carbocycles. The number of ether oxygens (including phenoxy) is 1. The second-order valence-corrected chi connectivity index (χ2v) is 4.32. The van der Waals surface area contributed by atoms with E-state index in [2.05, 4.69) is 5.32 Å². The summed E-state index contributed by atoms with van der Waals surface area (Å²) in [5, 5.41) is 2.69. The van der Waals surface area contributed by atoms with Crippen molar-refractivity contribution in [3.63, 3.8) is 0 Å². The number of carbonyl (C=O) groups excluding carboxylic acids is 2. The smallest absolute Gasteiger partial charge is 0.257 e. The van der Waals surface area contributed by atoms with E-state index < -0.39 is 5.91 Å². The van der Waals surface area contributed by atoms with Crippen LogP contribution in [0.5, 0.6) is 5.75 Å². The third-order valence-corrected chi connectivity index (χ3v) is 2.96. The van der Waals surface area contributed by atoms with Crippen LogP contribution in [0, 0.1) is 0 Å². The van der Waals surface area contributed by atoms with E-state index in [1.165, 1.54) is 19.2 Å². The summed E-state index contributed by atoms with van der Waals surface area (Å²) in [4.78, 5) is 23.2. The molecule has 6 heteroatoms. The maximum absolute atomic E-state index is 12.2. The summed E-state index contributed by atoms with van der Waals surface area (Å²) in [5.74, 6) is -0.449. The molecule has 0 atom stereocenters. The van der Waals surface area contributed by atoms with E-state index in [-0.39, 0.29) is 11.6 Å². The molecular formula is C15H15N3O3. The van der Waals surface area contributed by atoms with Gasteiger partial charge in [-0.2, -0.15) is 0 Å². The number of hydrogen-bond donors (Lipinski definition) is 3. The van der Waals surface area contributed by atoms with Gasteiger partial charge in [0.2, 0.25) is 5.91 Å². The van der Waals surface area contributed by atoms with Crippen LogP contribution < -0.4 is 21.5 Å². The van der Waals surface area contributed by atoms with Crippen molar-refractivity contribution in [1.29, 1.82) is 0 Å². The summed E-state index contributed by atoms with van der Waals surface area (Å²) in [7, 11) is 1.48. The molecule has 2 aromatic carbocycles. The number of nitrogens with two attached hydrogens (primary N) is 2. The molecule has 0 bridgehead atoms. The number of nitrogen functional groups attached to an aromatic ring is 1. The number of rotatable bonds is 4. The minimum absolute atomic E-state index is 0.270. The normalized spacial score (nSPS) is 9.95. The number of para-hydroxylation sites is 1. The highest BCUT2D eigenvalue weighted by Crippen LogP contribution is 2.25. The highest BCUT2D eigenvalue weighted by Gasteiger charge is 2.13. The Morgan fingerprint density at radius 2 is 1.76 bits per heavy atom. The van der Waals surface area contributed by atoms with E-state index >= 15 is 0 Å². The van der Waals surface area contributed by atoms with Crippen molar-refractivity contribution >= 4 is 23.2 Å². The lowest BCUT2D eigenvalue weighted by atomic mass is 10.1. The number of carbonyl (C=O) groups is 2. The minimum Gasteiger partial charge on any atom is -0.495 e. The van der Waals surface area contributed by atoms with Crippen LogP contribution in [0.3, 0.4) is 0 Å². The first-order valence-electron chi connectivity index (χ1n) is 6.16. The van der Waals surface area contributed by atoms with Gasteiger partial charge in [0.05, 0.1) is 18.4 Å². The summed E-state index contributed by atoms with van der Waals surface area (Å²) in [6, 6.07) is 11.2. The van der Waals surface area contributed by atoms with Crippen molar-refractivity contribution in [3.8, 4) is 5.75 Å². The molecule has 5 N–H and O–H groups in total. The number of primary amides is 1. The zero-order chi connectivity index (χ0) is 15.4. The van der Waals surface area contributed by atoms with Crippen molar-refractivity contribution in [2.45, 2.75) is 0 Å². The number of hydrogen-bond acceptors (Lipinski definition) is 4. The van der Waals surface area contributed by atoms with Gasteiger partial charge in [0.25, 0.3) is 5.91 Å². The Labute approximate surface area is 121 Å². The van der Waals surface area contributed by atoms with Crippen molar-refractivity contribution in [2.75, 3.05) is 18.2 Å². The fourth-order valence-corrected chi connectivity index (χ4v) is 1.84. The Balaban J connectivity index is 2.20. The third kappa shape index (κ3) is 3.11. The van der Waals surface area contributed by atoms with Gasteiger partial charge >= 0.3 is 0 Å². The van der Waals surface area contributed by atoms with Gasteiger partial charge in [0.15, 0.2) is 0 Å². The average molecular weight is 285 g/mol. The molecule has 2 aromatic rings. The molecule has 0 heterocycles. The molecule has 0 saturated heterocycles. The number of benzene rings is 2. The largest absolute Gasteiger partial charge is 0.495 e. The monoisotopic (exact) mass is 285 g/mol. The standard InChI is InChI=1S/C15H15N3O3/c1-21-12-4-2-3-11(13(12)16)15(20)18-10-7-5-9(6-8-10)14(17)19/h2-8H,16H2,1H3,(H2,17,19)(H,18,20). The van der Waals surface area contributed by atoms with Crippen molar-refractivity contribution in [1.82, 2.24) is 0 Å². The quantitative estimate of drug-likeness (QED) is 0.742. The highest BCUT2D eigenvalue weighted by atomic mass is 16.5. The van der Waals surface area contributed by atoms with E-state index in [0.717, 1.165) is 0 Å².